The Morgan fingerprint density at radius 2 is 1.90 bits per heavy atom. The van der Waals surface area contributed by atoms with Crippen LogP contribution in [0.3, 0.4) is 0 Å². The Kier molecular flexibility index (Phi) is 6.18. The molecule has 1 atom stereocenters. The Morgan fingerprint density at radius 1 is 1.17 bits per heavy atom. The van der Waals surface area contributed by atoms with E-state index in [1.807, 2.05) is 54.4 Å². The zero-order chi connectivity index (χ0) is 21.1. The van der Waals surface area contributed by atoms with Gasteiger partial charge in [-0.05, 0) is 43.4 Å². The van der Waals surface area contributed by atoms with E-state index in [-0.39, 0.29) is 17.9 Å². The first-order valence-corrected chi connectivity index (χ1v) is 10.7. The van der Waals surface area contributed by atoms with Crippen LogP contribution < -0.4 is 9.64 Å². The molecule has 2 aliphatic heterocycles. The standard InChI is InChI=1S/C23H30N4O3/c1-26(2)23-24-15-19(16-6-8-18(29-3)9-7-16)21(25-23)17-10-12-27(13-11-17)22(28)20-5-4-14-30-20/h6-9,15,17,20H,4-5,10-14H2,1-3H3. The van der Waals surface area contributed by atoms with Crippen molar-refractivity contribution in [3.05, 3.63) is 36.2 Å². The van der Waals surface area contributed by atoms with Gasteiger partial charge in [0.1, 0.15) is 11.9 Å². The second kappa shape index (κ2) is 9.00. The molecule has 0 saturated carbocycles. The maximum absolute atomic E-state index is 12.7. The SMILES string of the molecule is COc1ccc(-c2cnc(N(C)C)nc2C2CCN(C(=O)C3CCCO3)CC2)cc1. The van der Waals surface area contributed by atoms with Crippen LogP contribution in [-0.2, 0) is 9.53 Å². The molecule has 0 radical (unpaired) electrons. The van der Waals surface area contributed by atoms with E-state index in [1.165, 1.54) is 0 Å². The van der Waals surface area contributed by atoms with Crippen molar-refractivity contribution in [2.24, 2.45) is 0 Å². The van der Waals surface area contributed by atoms with Gasteiger partial charge in [-0.2, -0.15) is 0 Å². The van der Waals surface area contributed by atoms with E-state index in [0.717, 1.165) is 61.3 Å². The monoisotopic (exact) mass is 410 g/mol. The summed E-state index contributed by atoms with van der Waals surface area (Å²) in [5.41, 5.74) is 3.18. The molecule has 0 spiro atoms. The largest absolute Gasteiger partial charge is 0.497 e. The van der Waals surface area contributed by atoms with Crippen molar-refractivity contribution >= 4 is 11.9 Å². The summed E-state index contributed by atoms with van der Waals surface area (Å²) in [5, 5.41) is 0. The van der Waals surface area contributed by atoms with Crippen LogP contribution in [0.4, 0.5) is 5.95 Å². The fraction of sp³-hybridized carbons (Fsp3) is 0.522. The molecule has 1 aromatic carbocycles. The first-order chi connectivity index (χ1) is 14.6. The number of anilines is 1. The molecule has 160 valence electrons. The van der Waals surface area contributed by atoms with Crippen molar-refractivity contribution in [1.29, 1.82) is 0 Å². The fourth-order valence-corrected chi connectivity index (χ4v) is 4.25. The Hall–Kier alpha value is -2.67. The summed E-state index contributed by atoms with van der Waals surface area (Å²) in [6.07, 6.45) is 5.29. The minimum absolute atomic E-state index is 0.151. The van der Waals surface area contributed by atoms with Crippen LogP contribution in [-0.4, -0.2) is 67.8 Å². The summed E-state index contributed by atoms with van der Waals surface area (Å²) in [6, 6.07) is 8.02. The Morgan fingerprint density at radius 3 is 2.50 bits per heavy atom. The lowest BCUT2D eigenvalue weighted by Gasteiger charge is -2.34. The van der Waals surface area contributed by atoms with Crippen molar-refractivity contribution in [2.45, 2.75) is 37.7 Å². The van der Waals surface area contributed by atoms with Crippen LogP contribution >= 0.6 is 0 Å². The molecule has 0 bridgehead atoms. The molecule has 0 N–H and O–H groups in total. The molecule has 1 unspecified atom stereocenters. The molecule has 1 aromatic heterocycles. The highest BCUT2D eigenvalue weighted by atomic mass is 16.5. The summed E-state index contributed by atoms with van der Waals surface area (Å²) in [4.78, 5) is 26.1. The van der Waals surface area contributed by atoms with Gasteiger partial charge in [-0.15, -0.1) is 0 Å². The van der Waals surface area contributed by atoms with E-state index >= 15 is 0 Å². The lowest BCUT2D eigenvalue weighted by atomic mass is 9.88. The number of hydrogen-bond acceptors (Lipinski definition) is 6. The highest BCUT2D eigenvalue weighted by Gasteiger charge is 2.32. The molecule has 7 nitrogen and oxygen atoms in total. The van der Waals surface area contributed by atoms with Crippen LogP contribution in [0.25, 0.3) is 11.1 Å². The number of methoxy groups -OCH3 is 1. The summed E-state index contributed by atoms with van der Waals surface area (Å²) in [7, 11) is 5.57. The lowest BCUT2D eigenvalue weighted by molar-refractivity contribution is -0.142. The average Bonchev–Trinajstić information content (AvgIpc) is 3.33. The number of aromatic nitrogens is 2. The number of ether oxygens (including phenoxy) is 2. The number of likely N-dealkylation sites (tertiary alicyclic amines) is 1. The van der Waals surface area contributed by atoms with E-state index in [4.69, 9.17) is 14.5 Å². The molecule has 0 aliphatic carbocycles. The van der Waals surface area contributed by atoms with Gasteiger partial charge in [0, 0.05) is 51.5 Å². The molecular weight excluding hydrogens is 380 g/mol. The van der Waals surface area contributed by atoms with Crippen molar-refractivity contribution < 1.29 is 14.3 Å². The van der Waals surface area contributed by atoms with Crippen LogP contribution in [0.2, 0.25) is 0 Å². The van der Waals surface area contributed by atoms with Gasteiger partial charge in [0.2, 0.25) is 5.95 Å². The number of rotatable bonds is 5. The molecular formula is C23H30N4O3. The second-order valence-electron chi connectivity index (χ2n) is 8.19. The van der Waals surface area contributed by atoms with Crippen LogP contribution in [0.5, 0.6) is 5.75 Å². The Labute approximate surface area is 178 Å². The number of carbonyl (C=O) groups excluding carboxylic acids is 1. The normalized spacial score (nSPS) is 19.7. The third-order valence-electron chi connectivity index (χ3n) is 6.00. The Balaban J connectivity index is 1.56. The van der Waals surface area contributed by atoms with E-state index in [2.05, 4.69) is 4.98 Å². The minimum atomic E-state index is -0.240. The van der Waals surface area contributed by atoms with Gasteiger partial charge in [-0.3, -0.25) is 4.79 Å². The predicted octanol–water partition coefficient (Wildman–Crippen LogP) is 3.10. The number of piperidine rings is 1. The topological polar surface area (TPSA) is 67.8 Å². The minimum Gasteiger partial charge on any atom is -0.497 e. The smallest absolute Gasteiger partial charge is 0.251 e. The molecule has 2 aromatic rings. The summed E-state index contributed by atoms with van der Waals surface area (Å²) in [6.45, 7) is 2.19. The zero-order valence-corrected chi connectivity index (χ0v) is 18.0. The quantitative estimate of drug-likeness (QED) is 0.755. The van der Waals surface area contributed by atoms with E-state index in [9.17, 15) is 4.79 Å². The van der Waals surface area contributed by atoms with Crippen LogP contribution in [0, 0.1) is 0 Å². The van der Waals surface area contributed by atoms with Gasteiger partial charge in [-0.1, -0.05) is 12.1 Å². The van der Waals surface area contributed by atoms with Gasteiger partial charge in [-0.25, -0.2) is 9.97 Å². The summed E-state index contributed by atoms with van der Waals surface area (Å²) < 4.78 is 10.9. The number of hydrogen-bond donors (Lipinski definition) is 0. The van der Waals surface area contributed by atoms with Gasteiger partial charge in [0.15, 0.2) is 0 Å². The fourth-order valence-electron chi connectivity index (χ4n) is 4.25. The molecule has 2 fully saturated rings. The van der Waals surface area contributed by atoms with E-state index in [1.54, 1.807) is 7.11 Å². The van der Waals surface area contributed by atoms with E-state index in [0.29, 0.717) is 12.6 Å². The molecule has 1 amide bonds. The first-order valence-electron chi connectivity index (χ1n) is 10.7. The first kappa shape index (κ1) is 20.6. The third-order valence-corrected chi connectivity index (χ3v) is 6.00. The highest BCUT2D eigenvalue weighted by molar-refractivity contribution is 5.81. The van der Waals surface area contributed by atoms with Gasteiger partial charge < -0.3 is 19.3 Å². The molecule has 4 rings (SSSR count). The highest BCUT2D eigenvalue weighted by Crippen LogP contribution is 2.35. The number of nitrogens with zero attached hydrogens (tertiary/aromatic N) is 4. The maximum Gasteiger partial charge on any atom is 0.251 e. The summed E-state index contributed by atoms with van der Waals surface area (Å²) >= 11 is 0. The summed E-state index contributed by atoms with van der Waals surface area (Å²) in [5.74, 6) is 1.97. The lowest BCUT2D eigenvalue weighted by Crippen LogP contribution is -2.43. The molecule has 3 heterocycles. The third kappa shape index (κ3) is 4.26. The average molecular weight is 411 g/mol. The molecule has 30 heavy (non-hydrogen) atoms. The number of carbonyl (C=O) groups is 1. The maximum atomic E-state index is 12.7. The van der Waals surface area contributed by atoms with Gasteiger partial charge >= 0.3 is 0 Å². The van der Waals surface area contributed by atoms with Crippen molar-refractivity contribution in [1.82, 2.24) is 14.9 Å². The predicted molar refractivity (Wildman–Crippen MR) is 116 cm³/mol. The van der Waals surface area contributed by atoms with Crippen molar-refractivity contribution in [3.8, 4) is 16.9 Å². The molecule has 2 saturated heterocycles. The molecule has 2 aliphatic rings. The van der Waals surface area contributed by atoms with Crippen molar-refractivity contribution in [2.75, 3.05) is 45.8 Å². The second-order valence-corrected chi connectivity index (χ2v) is 8.19. The van der Waals surface area contributed by atoms with Crippen molar-refractivity contribution in [3.63, 3.8) is 0 Å². The van der Waals surface area contributed by atoms with E-state index < -0.39 is 0 Å². The number of amides is 1. The van der Waals surface area contributed by atoms with Crippen LogP contribution in [0.15, 0.2) is 30.5 Å². The number of benzene rings is 1. The van der Waals surface area contributed by atoms with Gasteiger partial charge in [0.25, 0.3) is 5.91 Å². The Bertz CT molecular complexity index is 871. The zero-order valence-electron chi connectivity index (χ0n) is 18.0. The molecule has 7 heteroatoms. The van der Waals surface area contributed by atoms with Crippen LogP contribution in [0.1, 0.15) is 37.3 Å². The van der Waals surface area contributed by atoms with Gasteiger partial charge in [0.05, 0.1) is 12.8 Å².